The number of rotatable bonds is 3. The van der Waals surface area contributed by atoms with E-state index in [9.17, 15) is 4.79 Å². The standard InChI is InChI=1S/C15H21BO4/c1-10-7-12(8-11(9-17)13(10)18-6)16-19-14(2,3)15(4,5)20-16/h7-9H,1-6H3. The molecule has 0 aliphatic carbocycles. The number of carbonyl (C=O) groups excluding carboxylic acids is 1. The number of aldehydes is 1. The average Bonchev–Trinajstić information content (AvgIpc) is 2.57. The molecule has 2 rings (SSSR count). The molecule has 1 aliphatic heterocycles. The molecule has 20 heavy (non-hydrogen) atoms. The van der Waals surface area contributed by atoms with Crippen LogP contribution < -0.4 is 10.2 Å². The smallest absolute Gasteiger partial charge is 0.494 e. The predicted molar refractivity (Wildman–Crippen MR) is 78.8 cm³/mol. The van der Waals surface area contributed by atoms with E-state index in [1.54, 1.807) is 13.2 Å². The Balaban J connectivity index is 2.41. The van der Waals surface area contributed by atoms with Gasteiger partial charge in [-0.25, -0.2) is 0 Å². The summed E-state index contributed by atoms with van der Waals surface area (Å²) in [6, 6.07) is 3.70. The third kappa shape index (κ3) is 2.36. The Bertz CT molecular complexity index is 521. The fourth-order valence-corrected chi connectivity index (χ4v) is 2.31. The van der Waals surface area contributed by atoms with Gasteiger partial charge in [-0.15, -0.1) is 0 Å². The molecular weight excluding hydrogens is 255 g/mol. The lowest BCUT2D eigenvalue weighted by Gasteiger charge is -2.32. The van der Waals surface area contributed by atoms with Gasteiger partial charge in [0.2, 0.25) is 0 Å². The van der Waals surface area contributed by atoms with Crippen LogP contribution >= 0.6 is 0 Å². The van der Waals surface area contributed by atoms with Crippen molar-refractivity contribution in [2.45, 2.75) is 45.8 Å². The van der Waals surface area contributed by atoms with Crippen molar-refractivity contribution in [1.82, 2.24) is 0 Å². The minimum absolute atomic E-state index is 0.396. The number of hydrogen-bond acceptors (Lipinski definition) is 4. The van der Waals surface area contributed by atoms with Crippen molar-refractivity contribution in [2.24, 2.45) is 0 Å². The van der Waals surface area contributed by atoms with Gasteiger partial charge in [-0.3, -0.25) is 4.79 Å². The second kappa shape index (κ2) is 4.90. The summed E-state index contributed by atoms with van der Waals surface area (Å²) >= 11 is 0. The molecule has 0 aromatic heterocycles. The minimum Gasteiger partial charge on any atom is -0.496 e. The monoisotopic (exact) mass is 276 g/mol. The van der Waals surface area contributed by atoms with E-state index in [-0.39, 0.29) is 0 Å². The SMILES string of the molecule is COc1c(C)cc(B2OC(C)(C)C(C)(C)O2)cc1C=O. The van der Waals surface area contributed by atoms with Crippen molar-refractivity contribution in [3.8, 4) is 5.75 Å². The Morgan fingerprint density at radius 3 is 2.15 bits per heavy atom. The van der Waals surface area contributed by atoms with E-state index in [0.29, 0.717) is 11.3 Å². The molecule has 108 valence electrons. The summed E-state index contributed by atoms with van der Waals surface area (Å²) in [5, 5.41) is 0. The summed E-state index contributed by atoms with van der Waals surface area (Å²) < 4.78 is 17.3. The van der Waals surface area contributed by atoms with Crippen molar-refractivity contribution in [3.05, 3.63) is 23.3 Å². The topological polar surface area (TPSA) is 44.8 Å². The first-order valence-corrected chi connectivity index (χ1v) is 6.71. The lowest BCUT2D eigenvalue weighted by molar-refractivity contribution is 0.00578. The van der Waals surface area contributed by atoms with Gasteiger partial charge in [-0.05, 0) is 51.7 Å². The summed E-state index contributed by atoms with van der Waals surface area (Å²) in [6.07, 6.45) is 0.792. The van der Waals surface area contributed by atoms with Gasteiger partial charge in [0.15, 0.2) is 6.29 Å². The number of carbonyl (C=O) groups is 1. The Morgan fingerprint density at radius 2 is 1.70 bits per heavy atom. The van der Waals surface area contributed by atoms with Crippen LogP contribution in [0.25, 0.3) is 0 Å². The minimum atomic E-state index is -0.469. The van der Waals surface area contributed by atoms with Crippen molar-refractivity contribution >= 4 is 18.9 Å². The van der Waals surface area contributed by atoms with E-state index in [1.165, 1.54) is 0 Å². The summed E-state index contributed by atoms with van der Waals surface area (Å²) in [4.78, 5) is 11.2. The van der Waals surface area contributed by atoms with Crippen molar-refractivity contribution in [1.29, 1.82) is 0 Å². The van der Waals surface area contributed by atoms with Crippen LogP contribution in [0.5, 0.6) is 5.75 Å². The second-order valence-corrected chi connectivity index (χ2v) is 6.17. The molecule has 1 aromatic carbocycles. The summed E-state index contributed by atoms with van der Waals surface area (Å²) in [5.41, 5.74) is 1.45. The van der Waals surface area contributed by atoms with E-state index < -0.39 is 18.3 Å². The molecule has 1 saturated heterocycles. The molecule has 0 atom stereocenters. The maximum Gasteiger partial charge on any atom is 0.494 e. The van der Waals surface area contributed by atoms with E-state index in [4.69, 9.17) is 14.0 Å². The predicted octanol–water partition coefficient (Wildman–Crippen LogP) is 2.12. The van der Waals surface area contributed by atoms with Gasteiger partial charge < -0.3 is 14.0 Å². The van der Waals surface area contributed by atoms with E-state index in [1.807, 2.05) is 40.7 Å². The van der Waals surface area contributed by atoms with Crippen LogP contribution in [0.15, 0.2) is 12.1 Å². The highest BCUT2D eigenvalue weighted by molar-refractivity contribution is 6.62. The van der Waals surface area contributed by atoms with Crippen LogP contribution in [0.2, 0.25) is 0 Å². The van der Waals surface area contributed by atoms with Gasteiger partial charge in [0.05, 0.1) is 23.9 Å². The molecule has 0 saturated carbocycles. The Hall–Kier alpha value is -1.33. The second-order valence-electron chi connectivity index (χ2n) is 6.17. The van der Waals surface area contributed by atoms with Crippen molar-refractivity contribution in [2.75, 3.05) is 7.11 Å². The molecule has 4 nitrogen and oxygen atoms in total. The zero-order chi connectivity index (χ0) is 15.1. The van der Waals surface area contributed by atoms with Crippen LogP contribution in [0.1, 0.15) is 43.6 Å². The first kappa shape index (κ1) is 15.1. The molecule has 1 aromatic rings. The summed E-state index contributed by atoms with van der Waals surface area (Å²) in [7, 11) is 1.09. The van der Waals surface area contributed by atoms with Gasteiger partial charge in [-0.1, -0.05) is 6.07 Å². The maximum atomic E-state index is 11.2. The molecule has 0 N–H and O–H groups in total. The van der Waals surface area contributed by atoms with Gasteiger partial charge in [-0.2, -0.15) is 0 Å². The Morgan fingerprint density at radius 1 is 1.15 bits per heavy atom. The molecule has 1 fully saturated rings. The number of aryl methyl sites for hydroxylation is 1. The highest BCUT2D eigenvalue weighted by atomic mass is 16.7. The van der Waals surface area contributed by atoms with Crippen LogP contribution in [-0.2, 0) is 9.31 Å². The lowest BCUT2D eigenvalue weighted by atomic mass is 9.77. The fourth-order valence-electron chi connectivity index (χ4n) is 2.31. The van der Waals surface area contributed by atoms with E-state index >= 15 is 0 Å². The average molecular weight is 276 g/mol. The molecule has 0 radical (unpaired) electrons. The third-order valence-electron chi connectivity index (χ3n) is 4.18. The Kier molecular flexibility index (Phi) is 3.69. The normalized spacial score (nSPS) is 20.0. The zero-order valence-corrected chi connectivity index (χ0v) is 12.9. The summed E-state index contributed by atoms with van der Waals surface area (Å²) in [5.74, 6) is 0.597. The molecule has 1 aliphatic rings. The van der Waals surface area contributed by atoms with Gasteiger partial charge in [0.25, 0.3) is 0 Å². The third-order valence-corrected chi connectivity index (χ3v) is 4.18. The van der Waals surface area contributed by atoms with Gasteiger partial charge in [0.1, 0.15) is 5.75 Å². The van der Waals surface area contributed by atoms with Crippen LogP contribution in [-0.4, -0.2) is 31.7 Å². The molecule has 0 bridgehead atoms. The van der Waals surface area contributed by atoms with Crippen LogP contribution in [0, 0.1) is 6.92 Å². The number of ether oxygens (including phenoxy) is 1. The first-order chi connectivity index (χ1) is 9.21. The molecular formula is C15H21BO4. The molecule has 0 unspecified atom stereocenters. The maximum absolute atomic E-state index is 11.2. The number of benzene rings is 1. The molecule has 0 spiro atoms. The first-order valence-electron chi connectivity index (χ1n) is 6.71. The quantitative estimate of drug-likeness (QED) is 0.626. The Labute approximate surface area is 120 Å². The van der Waals surface area contributed by atoms with Gasteiger partial charge in [0, 0.05) is 0 Å². The fraction of sp³-hybridized carbons (Fsp3) is 0.533. The largest absolute Gasteiger partial charge is 0.496 e. The molecule has 5 heteroatoms. The van der Waals surface area contributed by atoms with Crippen LogP contribution in [0.4, 0.5) is 0 Å². The zero-order valence-electron chi connectivity index (χ0n) is 12.9. The molecule has 1 heterocycles. The highest BCUT2D eigenvalue weighted by Gasteiger charge is 2.51. The van der Waals surface area contributed by atoms with Gasteiger partial charge >= 0.3 is 7.12 Å². The lowest BCUT2D eigenvalue weighted by Crippen LogP contribution is -2.41. The number of methoxy groups -OCH3 is 1. The highest BCUT2D eigenvalue weighted by Crippen LogP contribution is 2.36. The van der Waals surface area contributed by atoms with Crippen LogP contribution in [0.3, 0.4) is 0 Å². The van der Waals surface area contributed by atoms with Crippen molar-refractivity contribution < 1.29 is 18.8 Å². The van der Waals surface area contributed by atoms with E-state index in [0.717, 1.165) is 17.3 Å². The summed E-state index contributed by atoms with van der Waals surface area (Å²) in [6.45, 7) is 9.92. The van der Waals surface area contributed by atoms with E-state index in [2.05, 4.69) is 0 Å². The molecule has 0 amide bonds. The van der Waals surface area contributed by atoms with Crippen molar-refractivity contribution in [3.63, 3.8) is 0 Å². The number of hydrogen-bond donors (Lipinski definition) is 0.